The van der Waals surface area contributed by atoms with Crippen LogP contribution in [0.5, 0.6) is 0 Å². The maximum atomic E-state index is 5.75. The summed E-state index contributed by atoms with van der Waals surface area (Å²) in [6.07, 6.45) is 0.998. The number of hydrogen-bond donors (Lipinski definition) is 1. The molecule has 1 aromatic heterocycles. The number of nitrogens with zero attached hydrogens (tertiary/aromatic N) is 2. The summed E-state index contributed by atoms with van der Waals surface area (Å²) in [5, 5.41) is 7.63. The molecule has 0 atom stereocenters. The molecule has 0 unspecified atom stereocenters. The standard InChI is InChI=1S/C10H13N3O2S/c1-14-5-2-6-16-8-4-3-7(11)9-10(8)13-15-12-9/h3-4H,2,5-6,11H2,1H3. The van der Waals surface area contributed by atoms with Gasteiger partial charge in [-0.15, -0.1) is 11.8 Å². The van der Waals surface area contributed by atoms with Gasteiger partial charge in [-0.3, -0.25) is 0 Å². The van der Waals surface area contributed by atoms with Crippen LogP contribution in [0.25, 0.3) is 11.0 Å². The quantitative estimate of drug-likeness (QED) is 0.488. The molecule has 0 bridgehead atoms. The molecule has 0 saturated carbocycles. The van der Waals surface area contributed by atoms with Gasteiger partial charge in [0.2, 0.25) is 0 Å². The summed E-state index contributed by atoms with van der Waals surface area (Å²) in [6.45, 7) is 0.766. The highest BCUT2D eigenvalue weighted by molar-refractivity contribution is 7.99. The zero-order chi connectivity index (χ0) is 11.4. The predicted octanol–water partition coefficient (Wildman–Crippen LogP) is 1.93. The number of thioether (sulfide) groups is 1. The predicted molar refractivity (Wildman–Crippen MR) is 63.4 cm³/mol. The first kappa shape index (κ1) is 11.2. The lowest BCUT2D eigenvalue weighted by atomic mass is 10.3. The van der Waals surface area contributed by atoms with Crippen LogP contribution in [-0.2, 0) is 4.74 Å². The van der Waals surface area contributed by atoms with Crippen LogP contribution in [0.1, 0.15) is 6.42 Å². The smallest absolute Gasteiger partial charge is 0.159 e. The van der Waals surface area contributed by atoms with Crippen molar-refractivity contribution in [3.8, 4) is 0 Å². The molecule has 0 radical (unpaired) electrons. The van der Waals surface area contributed by atoms with Crippen LogP contribution in [-0.4, -0.2) is 29.8 Å². The van der Waals surface area contributed by atoms with Crippen molar-refractivity contribution < 1.29 is 9.37 Å². The third-order valence-electron chi connectivity index (χ3n) is 2.16. The number of hydrogen-bond acceptors (Lipinski definition) is 6. The van der Waals surface area contributed by atoms with Gasteiger partial charge in [0.25, 0.3) is 0 Å². The van der Waals surface area contributed by atoms with Crippen molar-refractivity contribution in [1.29, 1.82) is 0 Å². The van der Waals surface area contributed by atoms with E-state index < -0.39 is 0 Å². The first-order chi connectivity index (χ1) is 7.83. The van der Waals surface area contributed by atoms with Gasteiger partial charge >= 0.3 is 0 Å². The Hall–Kier alpha value is -1.27. The van der Waals surface area contributed by atoms with Gasteiger partial charge < -0.3 is 10.5 Å². The van der Waals surface area contributed by atoms with E-state index in [1.54, 1.807) is 18.9 Å². The molecule has 0 saturated heterocycles. The fourth-order valence-corrected chi connectivity index (χ4v) is 2.28. The second kappa shape index (κ2) is 5.18. The lowest BCUT2D eigenvalue weighted by molar-refractivity contribution is 0.200. The van der Waals surface area contributed by atoms with E-state index >= 15 is 0 Å². The van der Waals surface area contributed by atoms with Gasteiger partial charge in [0, 0.05) is 24.4 Å². The molecule has 0 fully saturated rings. The van der Waals surface area contributed by atoms with Gasteiger partial charge in [-0.1, -0.05) is 0 Å². The average Bonchev–Trinajstić information content (AvgIpc) is 2.77. The number of anilines is 1. The molecule has 0 aliphatic heterocycles. The summed E-state index contributed by atoms with van der Waals surface area (Å²) in [5.41, 5.74) is 7.72. The Morgan fingerprint density at radius 3 is 3.00 bits per heavy atom. The molecule has 0 amide bonds. The Morgan fingerprint density at radius 2 is 2.19 bits per heavy atom. The number of fused-ring (bicyclic) bond motifs is 1. The Balaban J connectivity index is 2.12. The fraction of sp³-hybridized carbons (Fsp3) is 0.400. The highest BCUT2D eigenvalue weighted by atomic mass is 32.2. The molecule has 5 nitrogen and oxygen atoms in total. The number of methoxy groups -OCH3 is 1. The van der Waals surface area contributed by atoms with Gasteiger partial charge in [-0.25, -0.2) is 4.63 Å². The van der Waals surface area contributed by atoms with Gasteiger partial charge in [0.15, 0.2) is 11.0 Å². The minimum atomic E-state index is 0.595. The van der Waals surface area contributed by atoms with Crippen molar-refractivity contribution in [3.63, 3.8) is 0 Å². The summed E-state index contributed by atoms with van der Waals surface area (Å²) < 4.78 is 9.69. The minimum Gasteiger partial charge on any atom is -0.397 e. The van der Waals surface area contributed by atoms with Gasteiger partial charge in [0.05, 0.1) is 5.69 Å². The highest BCUT2D eigenvalue weighted by Crippen LogP contribution is 2.29. The Bertz CT molecular complexity index is 472. The van der Waals surface area contributed by atoms with E-state index in [1.807, 2.05) is 12.1 Å². The molecule has 2 rings (SSSR count). The van der Waals surface area contributed by atoms with Crippen molar-refractivity contribution in [2.45, 2.75) is 11.3 Å². The van der Waals surface area contributed by atoms with Crippen LogP contribution in [0.4, 0.5) is 5.69 Å². The van der Waals surface area contributed by atoms with E-state index in [4.69, 9.17) is 15.1 Å². The van der Waals surface area contributed by atoms with E-state index in [-0.39, 0.29) is 0 Å². The molecule has 2 N–H and O–H groups in total. The van der Waals surface area contributed by atoms with E-state index in [1.165, 1.54) is 0 Å². The molecular weight excluding hydrogens is 226 g/mol. The third kappa shape index (κ3) is 2.28. The first-order valence-electron chi connectivity index (χ1n) is 4.95. The van der Waals surface area contributed by atoms with Crippen LogP contribution in [0.15, 0.2) is 21.7 Å². The maximum absolute atomic E-state index is 5.75. The van der Waals surface area contributed by atoms with E-state index in [0.717, 1.165) is 29.2 Å². The van der Waals surface area contributed by atoms with Crippen molar-refractivity contribution in [1.82, 2.24) is 10.3 Å². The summed E-state index contributed by atoms with van der Waals surface area (Å²) in [7, 11) is 1.70. The molecule has 0 aliphatic carbocycles. The van der Waals surface area contributed by atoms with Crippen LogP contribution in [0.3, 0.4) is 0 Å². The molecule has 86 valence electrons. The number of rotatable bonds is 5. The monoisotopic (exact) mass is 239 g/mol. The topological polar surface area (TPSA) is 74.2 Å². The van der Waals surface area contributed by atoms with Crippen LogP contribution in [0.2, 0.25) is 0 Å². The summed E-state index contributed by atoms with van der Waals surface area (Å²) in [4.78, 5) is 1.04. The van der Waals surface area contributed by atoms with E-state index in [0.29, 0.717) is 11.2 Å². The molecular formula is C10H13N3O2S. The normalized spacial score (nSPS) is 11.1. The Labute approximate surface area is 97.3 Å². The van der Waals surface area contributed by atoms with Crippen LogP contribution >= 0.6 is 11.8 Å². The molecule has 2 aromatic rings. The van der Waals surface area contributed by atoms with E-state index in [2.05, 4.69) is 10.3 Å². The summed E-state index contributed by atoms with van der Waals surface area (Å²) >= 11 is 1.71. The second-order valence-electron chi connectivity index (χ2n) is 3.31. The van der Waals surface area contributed by atoms with Gasteiger partial charge in [0.1, 0.15) is 0 Å². The summed E-state index contributed by atoms with van der Waals surface area (Å²) in [6, 6.07) is 3.77. The summed E-state index contributed by atoms with van der Waals surface area (Å²) in [5.74, 6) is 0.972. The lowest BCUT2D eigenvalue weighted by Crippen LogP contribution is -1.91. The van der Waals surface area contributed by atoms with Crippen molar-refractivity contribution in [2.24, 2.45) is 0 Å². The first-order valence-corrected chi connectivity index (χ1v) is 5.94. The van der Waals surface area contributed by atoms with E-state index in [9.17, 15) is 0 Å². The molecule has 1 heterocycles. The van der Waals surface area contributed by atoms with Crippen molar-refractivity contribution >= 4 is 28.5 Å². The number of benzene rings is 1. The maximum Gasteiger partial charge on any atom is 0.159 e. The van der Waals surface area contributed by atoms with Crippen molar-refractivity contribution in [2.75, 3.05) is 25.2 Å². The lowest BCUT2D eigenvalue weighted by Gasteiger charge is -2.02. The zero-order valence-corrected chi connectivity index (χ0v) is 9.79. The third-order valence-corrected chi connectivity index (χ3v) is 3.29. The van der Waals surface area contributed by atoms with Crippen LogP contribution < -0.4 is 5.73 Å². The largest absolute Gasteiger partial charge is 0.397 e. The minimum absolute atomic E-state index is 0.595. The SMILES string of the molecule is COCCCSc1ccc(N)c2nonc12. The number of aromatic nitrogens is 2. The number of nitrogen functional groups attached to an aromatic ring is 1. The highest BCUT2D eigenvalue weighted by Gasteiger charge is 2.09. The van der Waals surface area contributed by atoms with Crippen molar-refractivity contribution in [3.05, 3.63) is 12.1 Å². The molecule has 1 aromatic carbocycles. The average molecular weight is 239 g/mol. The molecule has 6 heteroatoms. The number of ether oxygens (including phenoxy) is 1. The van der Waals surface area contributed by atoms with Gasteiger partial charge in [-0.2, -0.15) is 0 Å². The zero-order valence-electron chi connectivity index (χ0n) is 8.97. The second-order valence-corrected chi connectivity index (χ2v) is 4.45. The van der Waals surface area contributed by atoms with Crippen LogP contribution in [0, 0.1) is 0 Å². The Kier molecular flexibility index (Phi) is 3.63. The molecule has 0 spiro atoms. The molecule has 0 aliphatic rings. The van der Waals surface area contributed by atoms with Gasteiger partial charge in [-0.05, 0) is 28.9 Å². The number of nitrogens with two attached hydrogens (primary N) is 1. The Morgan fingerprint density at radius 1 is 1.38 bits per heavy atom. The molecule has 16 heavy (non-hydrogen) atoms. The fourth-order valence-electron chi connectivity index (χ4n) is 1.36.